The first-order chi connectivity index (χ1) is 16.6. The SMILES string of the molecule is O=C1NC(=O)/C(=C\c2ccnc(N3CCC(CNCc4cccc(-c5cccs5)c4)CC3)n2)S1. The van der Waals surface area contributed by atoms with Crippen molar-refractivity contribution in [2.24, 2.45) is 5.92 Å². The molecule has 0 saturated carbocycles. The van der Waals surface area contributed by atoms with E-state index in [2.05, 4.69) is 67.3 Å². The summed E-state index contributed by atoms with van der Waals surface area (Å²) in [6.45, 7) is 3.65. The van der Waals surface area contributed by atoms with Crippen molar-refractivity contribution in [3.05, 3.63) is 70.2 Å². The number of nitrogens with one attached hydrogen (secondary N) is 2. The number of hydrogen-bond donors (Lipinski definition) is 2. The second-order valence-corrected chi connectivity index (χ2v) is 10.3. The third-order valence-corrected chi connectivity index (χ3v) is 7.71. The first-order valence-corrected chi connectivity index (χ1v) is 13.0. The van der Waals surface area contributed by atoms with E-state index in [4.69, 9.17) is 0 Å². The predicted molar refractivity (Wildman–Crippen MR) is 138 cm³/mol. The number of hydrogen-bond acceptors (Lipinski definition) is 8. The average Bonchev–Trinajstić information content (AvgIpc) is 3.50. The van der Waals surface area contributed by atoms with Crippen LogP contribution in [0.5, 0.6) is 0 Å². The van der Waals surface area contributed by atoms with Gasteiger partial charge in [-0.05, 0) is 77.8 Å². The molecule has 0 atom stereocenters. The summed E-state index contributed by atoms with van der Waals surface area (Å²) in [5, 5.41) is 7.66. The van der Waals surface area contributed by atoms with Crippen molar-refractivity contribution in [2.75, 3.05) is 24.5 Å². The Labute approximate surface area is 206 Å². The fraction of sp³-hybridized carbons (Fsp3) is 0.280. The molecular weight excluding hydrogens is 466 g/mol. The maximum atomic E-state index is 11.8. The number of anilines is 1. The summed E-state index contributed by atoms with van der Waals surface area (Å²) in [5.74, 6) is 0.911. The van der Waals surface area contributed by atoms with E-state index in [0.29, 0.717) is 22.5 Å². The Morgan fingerprint density at radius 2 is 2.03 bits per heavy atom. The number of rotatable bonds is 7. The van der Waals surface area contributed by atoms with Crippen molar-refractivity contribution in [3.8, 4) is 10.4 Å². The lowest BCUT2D eigenvalue weighted by Gasteiger charge is -2.32. The van der Waals surface area contributed by atoms with Crippen LogP contribution in [0.3, 0.4) is 0 Å². The Morgan fingerprint density at radius 3 is 2.79 bits per heavy atom. The molecule has 2 fully saturated rings. The van der Waals surface area contributed by atoms with Gasteiger partial charge in [0.05, 0.1) is 10.6 Å². The lowest BCUT2D eigenvalue weighted by molar-refractivity contribution is -0.115. The van der Waals surface area contributed by atoms with Gasteiger partial charge in [-0.15, -0.1) is 11.3 Å². The summed E-state index contributed by atoms with van der Waals surface area (Å²) < 4.78 is 0. The quantitative estimate of drug-likeness (QED) is 0.469. The second-order valence-electron chi connectivity index (χ2n) is 8.37. The van der Waals surface area contributed by atoms with Gasteiger partial charge in [0, 0.05) is 30.7 Å². The van der Waals surface area contributed by atoms with Crippen molar-refractivity contribution in [2.45, 2.75) is 19.4 Å². The molecule has 5 rings (SSSR count). The van der Waals surface area contributed by atoms with Crippen LogP contribution >= 0.6 is 23.1 Å². The third kappa shape index (κ3) is 5.55. The zero-order valence-corrected chi connectivity index (χ0v) is 20.2. The van der Waals surface area contributed by atoms with Gasteiger partial charge in [0.2, 0.25) is 5.95 Å². The van der Waals surface area contributed by atoms with Crippen molar-refractivity contribution in [3.63, 3.8) is 0 Å². The Bertz CT molecular complexity index is 1200. The van der Waals surface area contributed by atoms with Gasteiger partial charge in [-0.3, -0.25) is 14.9 Å². The van der Waals surface area contributed by atoms with E-state index in [1.807, 2.05) is 0 Å². The van der Waals surface area contributed by atoms with Crippen LogP contribution < -0.4 is 15.5 Å². The van der Waals surface area contributed by atoms with Crippen molar-refractivity contribution >= 4 is 46.3 Å². The lowest BCUT2D eigenvalue weighted by atomic mass is 9.97. The summed E-state index contributed by atoms with van der Waals surface area (Å²) in [5.41, 5.74) is 3.21. The molecule has 34 heavy (non-hydrogen) atoms. The molecule has 1 aromatic carbocycles. The molecule has 2 N–H and O–H groups in total. The molecule has 2 aliphatic rings. The summed E-state index contributed by atoms with van der Waals surface area (Å²) in [6.07, 6.45) is 5.49. The molecule has 0 aliphatic carbocycles. The molecule has 2 aliphatic heterocycles. The van der Waals surface area contributed by atoms with E-state index >= 15 is 0 Å². The second kappa shape index (κ2) is 10.5. The van der Waals surface area contributed by atoms with Crippen LogP contribution in [0.2, 0.25) is 0 Å². The maximum Gasteiger partial charge on any atom is 0.290 e. The number of aromatic nitrogens is 2. The highest BCUT2D eigenvalue weighted by Gasteiger charge is 2.25. The van der Waals surface area contributed by atoms with Crippen LogP contribution in [-0.4, -0.2) is 40.7 Å². The van der Waals surface area contributed by atoms with Crippen LogP contribution in [0.15, 0.2) is 58.9 Å². The van der Waals surface area contributed by atoms with Crippen LogP contribution in [0, 0.1) is 5.92 Å². The number of imide groups is 1. The smallest absolute Gasteiger partial charge is 0.290 e. The van der Waals surface area contributed by atoms with Crippen LogP contribution in [0.1, 0.15) is 24.1 Å². The molecule has 2 amide bonds. The predicted octanol–water partition coefficient (Wildman–Crippen LogP) is 4.54. The minimum absolute atomic E-state index is 0.351. The molecule has 174 valence electrons. The normalized spacial score (nSPS) is 18.0. The molecule has 9 heteroatoms. The number of thioether (sulfide) groups is 1. The summed E-state index contributed by atoms with van der Waals surface area (Å²) in [4.78, 5) is 36.0. The molecular formula is C25H25N5O2S2. The fourth-order valence-corrected chi connectivity index (χ4v) is 5.58. The number of nitrogens with zero attached hydrogens (tertiary/aromatic N) is 3. The van der Waals surface area contributed by atoms with Gasteiger partial charge >= 0.3 is 0 Å². The van der Waals surface area contributed by atoms with E-state index in [1.165, 1.54) is 16.0 Å². The summed E-state index contributed by atoms with van der Waals surface area (Å²) in [6, 6.07) is 14.7. The molecule has 2 saturated heterocycles. The van der Waals surface area contributed by atoms with Gasteiger partial charge in [0.1, 0.15) is 0 Å². The fourth-order valence-electron chi connectivity index (χ4n) is 4.19. The number of amides is 2. The van der Waals surface area contributed by atoms with E-state index in [0.717, 1.165) is 50.8 Å². The van der Waals surface area contributed by atoms with E-state index in [-0.39, 0.29) is 11.1 Å². The number of piperidine rings is 1. The van der Waals surface area contributed by atoms with Gasteiger partial charge in [0.15, 0.2) is 0 Å². The highest BCUT2D eigenvalue weighted by atomic mass is 32.2. The molecule has 7 nitrogen and oxygen atoms in total. The number of thiophene rings is 1. The minimum Gasteiger partial charge on any atom is -0.341 e. The largest absolute Gasteiger partial charge is 0.341 e. The van der Waals surface area contributed by atoms with Gasteiger partial charge in [0.25, 0.3) is 11.1 Å². The topological polar surface area (TPSA) is 87.2 Å². The molecule has 0 spiro atoms. The first-order valence-electron chi connectivity index (χ1n) is 11.3. The Kier molecular flexibility index (Phi) is 7.03. The van der Waals surface area contributed by atoms with Gasteiger partial charge in [-0.25, -0.2) is 9.97 Å². The zero-order chi connectivity index (χ0) is 23.3. The highest BCUT2D eigenvalue weighted by Crippen LogP contribution is 2.27. The Hall–Kier alpha value is -3.01. The van der Waals surface area contributed by atoms with E-state index in [1.54, 1.807) is 29.7 Å². The maximum absolute atomic E-state index is 11.8. The first kappa shape index (κ1) is 22.8. The number of carbonyl (C=O) groups is 2. The lowest BCUT2D eigenvalue weighted by Crippen LogP contribution is -2.38. The molecule has 4 heterocycles. The number of benzene rings is 1. The third-order valence-electron chi connectivity index (χ3n) is 5.98. The molecule has 2 aromatic heterocycles. The van der Waals surface area contributed by atoms with E-state index < -0.39 is 0 Å². The average molecular weight is 492 g/mol. The Balaban J connectivity index is 1.11. The summed E-state index contributed by atoms with van der Waals surface area (Å²) in [7, 11) is 0. The van der Waals surface area contributed by atoms with E-state index in [9.17, 15) is 9.59 Å². The monoisotopic (exact) mass is 491 g/mol. The summed E-state index contributed by atoms with van der Waals surface area (Å²) >= 11 is 2.66. The number of carbonyl (C=O) groups excluding carboxylic acids is 2. The molecule has 0 radical (unpaired) electrons. The van der Waals surface area contributed by atoms with Crippen molar-refractivity contribution < 1.29 is 9.59 Å². The molecule has 0 bridgehead atoms. The van der Waals surface area contributed by atoms with Crippen LogP contribution in [-0.2, 0) is 11.3 Å². The van der Waals surface area contributed by atoms with Crippen LogP contribution in [0.25, 0.3) is 16.5 Å². The van der Waals surface area contributed by atoms with Crippen molar-refractivity contribution in [1.29, 1.82) is 0 Å². The van der Waals surface area contributed by atoms with Gasteiger partial charge in [-0.1, -0.05) is 24.3 Å². The van der Waals surface area contributed by atoms with Crippen molar-refractivity contribution in [1.82, 2.24) is 20.6 Å². The van der Waals surface area contributed by atoms with Gasteiger partial charge < -0.3 is 10.2 Å². The van der Waals surface area contributed by atoms with Crippen LogP contribution in [0.4, 0.5) is 10.7 Å². The minimum atomic E-state index is -0.373. The standard InChI is InChI=1S/C25H25N5O2S2/c31-23-22(34-25(32)29-23)14-20-6-9-27-24(28-20)30-10-7-17(8-11-30)15-26-16-18-3-1-4-19(13-18)21-5-2-12-33-21/h1-6,9,12-14,17,26H,7-8,10-11,15-16H2,(H,29,31,32)/b22-14+. The Morgan fingerprint density at radius 1 is 1.15 bits per heavy atom. The highest BCUT2D eigenvalue weighted by molar-refractivity contribution is 8.18. The molecule has 3 aromatic rings. The van der Waals surface area contributed by atoms with Gasteiger partial charge in [-0.2, -0.15) is 0 Å². The molecule has 0 unspecified atom stereocenters. The zero-order valence-electron chi connectivity index (χ0n) is 18.6.